The standard InChI is InChI=1S/C17H12OS2/c1-3-7-13(8-4-1)15-12-19-20-17(15)11-16(18-20)14-9-5-2-6-10-14/h1-12H. The van der Waals surface area contributed by atoms with E-state index in [2.05, 4.69) is 47.9 Å². The Morgan fingerprint density at radius 2 is 1.45 bits per heavy atom. The molecule has 0 amide bonds. The van der Waals surface area contributed by atoms with Gasteiger partial charge in [-0.2, -0.15) is 0 Å². The highest BCUT2D eigenvalue weighted by Crippen LogP contribution is 2.52. The van der Waals surface area contributed by atoms with Crippen molar-refractivity contribution in [2.45, 2.75) is 0 Å². The lowest BCUT2D eigenvalue weighted by Crippen LogP contribution is -1.93. The molecular weight excluding hydrogens is 284 g/mol. The van der Waals surface area contributed by atoms with Gasteiger partial charge in [-0.3, -0.25) is 0 Å². The van der Waals surface area contributed by atoms with E-state index in [-0.39, 0.29) is 9.80 Å². The van der Waals surface area contributed by atoms with Gasteiger partial charge in [0.25, 0.3) is 0 Å². The Labute approximate surface area is 124 Å². The van der Waals surface area contributed by atoms with Crippen molar-refractivity contribution in [2.24, 2.45) is 0 Å². The zero-order valence-corrected chi connectivity index (χ0v) is 12.3. The van der Waals surface area contributed by atoms with E-state index >= 15 is 0 Å². The molecule has 3 heteroatoms. The molecule has 20 heavy (non-hydrogen) atoms. The maximum Gasteiger partial charge on any atom is 0.146 e. The van der Waals surface area contributed by atoms with Crippen molar-refractivity contribution < 1.29 is 4.18 Å². The third-order valence-corrected chi connectivity index (χ3v) is 6.36. The average molecular weight is 296 g/mol. The van der Waals surface area contributed by atoms with Gasteiger partial charge in [-0.1, -0.05) is 60.7 Å². The summed E-state index contributed by atoms with van der Waals surface area (Å²) in [5.74, 6) is 0.984. The van der Waals surface area contributed by atoms with Crippen molar-refractivity contribution in [1.29, 1.82) is 0 Å². The molecule has 1 nitrogen and oxygen atoms in total. The second-order valence-electron chi connectivity index (χ2n) is 4.55. The molecule has 0 N–H and O–H groups in total. The van der Waals surface area contributed by atoms with E-state index in [1.54, 1.807) is 10.8 Å². The molecule has 1 atom stereocenters. The van der Waals surface area contributed by atoms with E-state index in [0.717, 1.165) is 11.3 Å². The molecule has 0 aromatic heterocycles. The largest absolute Gasteiger partial charge is 0.422 e. The van der Waals surface area contributed by atoms with Gasteiger partial charge in [0.15, 0.2) is 0 Å². The van der Waals surface area contributed by atoms with Crippen LogP contribution in [0.25, 0.3) is 11.3 Å². The Morgan fingerprint density at radius 3 is 2.15 bits per heavy atom. The molecule has 0 aliphatic carbocycles. The van der Waals surface area contributed by atoms with Crippen LogP contribution in [0.15, 0.2) is 72.1 Å². The SMILES string of the molecule is C1=C(c2ccccc2)OS2=C1C(c1ccccc1)=CS2. The van der Waals surface area contributed by atoms with Crippen LogP contribution in [0.5, 0.6) is 0 Å². The normalized spacial score (nSPS) is 20.2. The van der Waals surface area contributed by atoms with Gasteiger partial charge < -0.3 is 4.18 Å². The van der Waals surface area contributed by atoms with E-state index in [0.29, 0.717) is 0 Å². The van der Waals surface area contributed by atoms with Gasteiger partial charge in [0, 0.05) is 11.1 Å². The van der Waals surface area contributed by atoms with Gasteiger partial charge in [-0.05, 0) is 27.8 Å². The Balaban J connectivity index is 1.70. The zero-order chi connectivity index (χ0) is 13.4. The first kappa shape index (κ1) is 12.1. The molecule has 2 aromatic rings. The lowest BCUT2D eigenvalue weighted by atomic mass is 10.0. The lowest BCUT2D eigenvalue weighted by molar-refractivity contribution is 0.615. The predicted octanol–water partition coefficient (Wildman–Crippen LogP) is 5.12. The molecule has 0 radical (unpaired) electrons. The number of benzene rings is 2. The predicted molar refractivity (Wildman–Crippen MR) is 90.1 cm³/mol. The first-order valence-electron chi connectivity index (χ1n) is 6.41. The Morgan fingerprint density at radius 1 is 0.800 bits per heavy atom. The van der Waals surface area contributed by atoms with Crippen LogP contribution in [0, 0.1) is 0 Å². The van der Waals surface area contributed by atoms with E-state index in [4.69, 9.17) is 4.18 Å². The van der Waals surface area contributed by atoms with Gasteiger partial charge in [0.1, 0.15) is 5.76 Å². The van der Waals surface area contributed by atoms with Crippen molar-refractivity contribution in [3.8, 4) is 0 Å². The van der Waals surface area contributed by atoms with Gasteiger partial charge >= 0.3 is 0 Å². The number of hydrogen-bond acceptors (Lipinski definition) is 2. The minimum absolute atomic E-state index is 0.181. The van der Waals surface area contributed by atoms with Crippen LogP contribution in [-0.2, 0) is 4.18 Å². The fourth-order valence-electron chi connectivity index (χ4n) is 2.27. The summed E-state index contributed by atoms with van der Waals surface area (Å²) >= 11 is 0. The quantitative estimate of drug-likeness (QED) is 0.562. The van der Waals surface area contributed by atoms with Crippen LogP contribution >= 0.6 is 20.6 Å². The van der Waals surface area contributed by atoms with Crippen molar-refractivity contribution in [3.63, 3.8) is 0 Å². The van der Waals surface area contributed by atoms with E-state index in [1.165, 1.54) is 16.0 Å². The summed E-state index contributed by atoms with van der Waals surface area (Å²) in [6.07, 6.45) is 2.19. The highest BCUT2D eigenvalue weighted by molar-refractivity contribution is 8.84. The van der Waals surface area contributed by atoms with Gasteiger partial charge in [-0.25, -0.2) is 0 Å². The van der Waals surface area contributed by atoms with Crippen molar-refractivity contribution in [3.05, 3.63) is 83.3 Å². The highest BCUT2D eigenvalue weighted by atomic mass is 33.1. The molecule has 1 unspecified atom stereocenters. The molecule has 2 aromatic carbocycles. The van der Waals surface area contributed by atoms with Crippen molar-refractivity contribution in [1.82, 2.24) is 0 Å². The molecule has 2 aliphatic heterocycles. The van der Waals surface area contributed by atoms with Crippen LogP contribution in [0.3, 0.4) is 0 Å². The third-order valence-electron chi connectivity index (χ3n) is 3.27. The van der Waals surface area contributed by atoms with Crippen LogP contribution in [0.4, 0.5) is 0 Å². The summed E-state index contributed by atoms with van der Waals surface area (Å²) in [4.78, 5) is 1.31. The summed E-state index contributed by atoms with van der Waals surface area (Å²) in [6, 6.07) is 20.8. The maximum atomic E-state index is 6.09. The molecule has 98 valence electrons. The monoisotopic (exact) mass is 296 g/mol. The highest BCUT2D eigenvalue weighted by Gasteiger charge is 2.26. The molecule has 4 rings (SSSR count). The topological polar surface area (TPSA) is 9.23 Å². The number of allylic oxidation sites excluding steroid dienone is 2. The van der Waals surface area contributed by atoms with Crippen LogP contribution < -0.4 is 0 Å². The Kier molecular flexibility index (Phi) is 3.02. The van der Waals surface area contributed by atoms with Crippen LogP contribution in [0.2, 0.25) is 0 Å². The smallest absolute Gasteiger partial charge is 0.146 e. The molecule has 0 fully saturated rings. The second kappa shape index (κ2) is 5.00. The maximum absolute atomic E-state index is 6.09. The van der Waals surface area contributed by atoms with E-state index in [1.807, 2.05) is 24.3 Å². The zero-order valence-electron chi connectivity index (χ0n) is 10.7. The molecule has 0 spiro atoms. The van der Waals surface area contributed by atoms with Crippen LogP contribution in [-0.4, -0.2) is 4.86 Å². The lowest BCUT2D eigenvalue weighted by Gasteiger charge is -2.05. The Hall–Kier alpha value is -1.71. The van der Waals surface area contributed by atoms with Gasteiger partial charge in [0.05, 0.1) is 14.7 Å². The van der Waals surface area contributed by atoms with Gasteiger partial charge in [-0.15, -0.1) is 0 Å². The number of hydrogen-bond donors (Lipinski definition) is 0. The van der Waals surface area contributed by atoms with Crippen LogP contribution in [0.1, 0.15) is 11.1 Å². The Bertz CT molecular complexity index is 743. The molecule has 2 aliphatic rings. The van der Waals surface area contributed by atoms with Crippen molar-refractivity contribution in [2.75, 3.05) is 0 Å². The second-order valence-corrected chi connectivity index (χ2v) is 7.54. The fraction of sp³-hybridized carbons (Fsp3) is 0. The average Bonchev–Trinajstić information content (AvgIpc) is 3.09. The third kappa shape index (κ3) is 2.03. The molecule has 0 bridgehead atoms. The van der Waals surface area contributed by atoms with Gasteiger partial charge in [0.2, 0.25) is 0 Å². The molecule has 2 heterocycles. The summed E-state index contributed by atoms with van der Waals surface area (Å²) in [5, 5.41) is 2.21. The summed E-state index contributed by atoms with van der Waals surface area (Å²) < 4.78 is 6.09. The minimum Gasteiger partial charge on any atom is -0.422 e. The first-order chi connectivity index (χ1) is 9.92. The summed E-state index contributed by atoms with van der Waals surface area (Å²) in [6.45, 7) is 0. The summed E-state index contributed by atoms with van der Waals surface area (Å²) in [5.41, 5.74) is 3.71. The summed E-state index contributed by atoms with van der Waals surface area (Å²) in [7, 11) is 1.59. The molecule has 0 saturated heterocycles. The van der Waals surface area contributed by atoms with E-state index < -0.39 is 0 Å². The van der Waals surface area contributed by atoms with Crippen molar-refractivity contribution >= 4 is 36.8 Å². The van der Waals surface area contributed by atoms with E-state index in [9.17, 15) is 0 Å². The number of rotatable bonds is 2. The molecular formula is C17H12OS2. The minimum atomic E-state index is -0.181. The molecule has 0 saturated carbocycles. The fourth-order valence-corrected chi connectivity index (χ4v) is 5.50. The first-order valence-corrected chi connectivity index (χ1v) is 8.96.